The van der Waals surface area contributed by atoms with Crippen LogP contribution in [-0.2, 0) is 0 Å². The van der Waals surface area contributed by atoms with Gasteiger partial charge in [-0.2, -0.15) is 0 Å². The van der Waals surface area contributed by atoms with E-state index in [-0.39, 0.29) is 0 Å². The SMILES string of the molecule is NCCC1=CC=NC=CC1. The maximum absolute atomic E-state index is 5.40. The van der Waals surface area contributed by atoms with Gasteiger partial charge in [-0.15, -0.1) is 0 Å². The van der Waals surface area contributed by atoms with Crippen molar-refractivity contribution in [2.24, 2.45) is 10.7 Å². The summed E-state index contributed by atoms with van der Waals surface area (Å²) in [4.78, 5) is 3.98. The first-order valence-corrected chi connectivity index (χ1v) is 3.50. The van der Waals surface area contributed by atoms with E-state index in [0.717, 1.165) is 19.4 Å². The highest BCUT2D eigenvalue weighted by molar-refractivity contribution is 5.73. The van der Waals surface area contributed by atoms with Crippen molar-refractivity contribution >= 4 is 6.21 Å². The normalized spacial score (nSPS) is 16.7. The van der Waals surface area contributed by atoms with Crippen molar-refractivity contribution in [3.05, 3.63) is 23.9 Å². The van der Waals surface area contributed by atoms with Gasteiger partial charge in [0.2, 0.25) is 0 Å². The second-order valence-corrected chi connectivity index (χ2v) is 2.25. The molecule has 2 heteroatoms. The van der Waals surface area contributed by atoms with E-state index in [1.54, 1.807) is 0 Å². The molecule has 0 aromatic heterocycles. The highest BCUT2D eigenvalue weighted by Gasteiger charge is 1.92. The van der Waals surface area contributed by atoms with Gasteiger partial charge in [-0.25, -0.2) is 0 Å². The van der Waals surface area contributed by atoms with Gasteiger partial charge in [-0.05, 0) is 25.5 Å². The lowest BCUT2D eigenvalue weighted by molar-refractivity contribution is 0.923. The lowest BCUT2D eigenvalue weighted by atomic mass is 10.1. The fraction of sp³-hybridized carbons (Fsp3) is 0.375. The van der Waals surface area contributed by atoms with Crippen LogP contribution in [0.5, 0.6) is 0 Å². The lowest BCUT2D eigenvalue weighted by Gasteiger charge is -1.97. The number of nitrogens with two attached hydrogens (primary N) is 1. The molecule has 1 aliphatic heterocycles. The zero-order chi connectivity index (χ0) is 7.23. The van der Waals surface area contributed by atoms with Crippen LogP contribution in [0.15, 0.2) is 28.9 Å². The molecule has 10 heavy (non-hydrogen) atoms. The molecule has 1 rings (SSSR count). The van der Waals surface area contributed by atoms with Crippen LogP contribution in [0.25, 0.3) is 0 Å². The Labute approximate surface area is 61.1 Å². The van der Waals surface area contributed by atoms with E-state index >= 15 is 0 Å². The van der Waals surface area contributed by atoms with Crippen molar-refractivity contribution in [3.63, 3.8) is 0 Å². The van der Waals surface area contributed by atoms with Gasteiger partial charge in [-0.1, -0.05) is 11.6 Å². The number of allylic oxidation sites excluding steroid dienone is 2. The molecule has 2 nitrogen and oxygen atoms in total. The molecule has 0 aromatic rings. The van der Waals surface area contributed by atoms with Gasteiger partial charge in [0.05, 0.1) is 0 Å². The summed E-state index contributed by atoms with van der Waals surface area (Å²) >= 11 is 0. The average Bonchev–Trinajstić information content (AvgIpc) is 2.17. The Balaban J connectivity index is 2.50. The number of rotatable bonds is 2. The summed E-state index contributed by atoms with van der Waals surface area (Å²) < 4.78 is 0. The van der Waals surface area contributed by atoms with Crippen LogP contribution >= 0.6 is 0 Å². The Hall–Kier alpha value is -0.890. The molecule has 1 aliphatic rings. The molecule has 0 fully saturated rings. The molecule has 0 bridgehead atoms. The summed E-state index contributed by atoms with van der Waals surface area (Å²) in [5.74, 6) is 0. The summed E-state index contributed by atoms with van der Waals surface area (Å²) in [6, 6.07) is 0. The van der Waals surface area contributed by atoms with E-state index in [9.17, 15) is 0 Å². The molecule has 0 unspecified atom stereocenters. The van der Waals surface area contributed by atoms with Gasteiger partial charge in [-0.3, -0.25) is 4.99 Å². The second kappa shape index (κ2) is 4.01. The Morgan fingerprint density at radius 2 is 2.50 bits per heavy atom. The van der Waals surface area contributed by atoms with Gasteiger partial charge in [0, 0.05) is 12.4 Å². The van der Waals surface area contributed by atoms with Gasteiger partial charge >= 0.3 is 0 Å². The summed E-state index contributed by atoms with van der Waals surface area (Å²) in [6.45, 7) is 0.730. The van der Waals surface area contributed by atoms with Crippen molar-refractivity contribution in [3.8, 4) is 0 Å². The van der Waals surface area contributed by atoms with Crippen molar-refractivity contribution in [1.29, 1.82) is 0 Å². The largest absolute Gasteiger partial charge is 0.330 e. The van der Waals surface area contributed by atoms with E-state index in [2.05, 4.69) is 4.99 Å². The number of aliphatic imine (C=N–C) groups is 1. The number of hydrogen-bond acceptors (Lipinski definition) is 2. The molecular weight excluding hydrogens is 124 g/mol. The first kappa shape index (κ1) is 7.22. The van der Waals surface area contributed by atoms with Crippen LogP contribution in [0.2, 0.25) is 0 Å². The fourth-order valence-electron chi connectivity index (χ4n) is 0.902. The van der Waals surface area contributed by atoms with Gasteiger partial charge < -0.3 is 5.73 Å². The fourth-order valence-corrected chi connectivity index (χ4v) is 0.902. The Morgan fingerprint density at radius 3 is 3.30 bits per heavy atom. The third-order valence-corrected chi connectivity index (χ3v) is 1.43. The topological polar surface area (TPSA) is 38.4 Å². The molecule has 0 atom stereocenters. The third kappa shape index (κ3) is 2.15. The second-order valence-electron chi connectivity index (χ2n) is 2.25. The predicted octanol–water partition coefficient (Wildman–Crippen LogP) is 1.25. The molecule has 0 saturated carbocycles. The van der Waals surface area contributed by atoms with Crippen molar-refractivity contribution in [2.75, 3.05) is 6.54 Å². The first-order chi connectivity index (χ1) is 4.93. The molecular formula is C8H12N2. The minimum atomic E-state index is 0.730. The van der Waals surface area contributed by atoms with E-state index in [1.807, 2.05) is 24.6 Å². The molecule has 0 aliphatic carbocycles. The van der Waals surface area contributed by atoms with Gasteiger partial charge in [0.1, 0.15) is 0 Å². The summed E-state index contributed by atoms with van der Waals surface area (Å²) in [6.07, 6.45) is 9.69. The van der Waals surface area contributed by atoms with Crippen molar-refractivity contribution in [1.82, 2.24) is 0 Å². The maximum atomic E-state index is 5.40. The monoisotopic (exact) mass is 136 g/mol. The summed E-state index contributed by atoms with van der Waals surface area (Å²) in [5.41, 5.74) is 6.76. The minimum Gasteiger partial charge on any atom is -0.330 e. The van der Waals surface area contributed by atoms with Crippen LogP contribution in [0, 0.1) is 0 Å². The summed E-state index contributed by atoms with van der Waals surface area (Å²) in [5, 5.41) is 0. The van der Waals surface area contributed by atoms with Gasteiger partial charge in [0.25, 0.3) is 0 Å². The van der Waals surface area contributed by atoms with Crippen molar-refractivity contribution < 1.29 is 0 Å². The molecule has 2 N–H and O–H groups in total. The van der Waals surface area contributed by atoms with Crippen LogP contribution in [-0.4, -0.2) is 12.8 Å². The van der Waals surface area contributed by atoms with Crippen LogP contribution in [0.1, 0.15) is 12.8 Å². The van der Waals surface area contributed by atoms with E-state index in [4.69, 9.17) is 5.73 Å². The first-order valence-electron chi connectivity index (χ1n) is 3.50. The zero-order valence-corrected chi connectivity index (χ0v) is 5.96. The highest BCUT2D eigenvalue weighted by atomic mass is 14.7. The third-order valence-electron chi connectivity index (χ3n) is 1.43. The molecule has 0 aromatic carbocycles. The van der Waals surface area contributed by atoms with Crippen LogP contribution in [0.3, 0.4) is 0 Å². The zero-order valence-electron chi connectivity index (χ0n) is 5.96. The number of nitrogens with zero attached hydrogens (tertiary/aromatic N) is 1. The van der Waals surface area contributed by atoms with E-state index in [0.29, 0.717) is 0 Å². The molecule has 0 radical (unpaired) electrons. The molecule has 0 amide bonds. The van der Waals surface area contributed by atoms with E-state index < -0.39 is 0 Å². The smallest absolute Gasteiger partial charge is 0.0267 e. The highest BCUT2D eigenvalue weighted by Crippen LogP contribution is 2.07. The Bertz CT molecular complexity index is 178. The van der Waals surface area contributed by atoms with Crippen molar-refractivity contribution in [2.45, 2.75) is 12.8 Å². The van der Waals surface area contributed by atoms with E-state index in [1.165, 1.54) is 5.57 Å². The summed E-state index contributed by atoms with van der Waals surface area (Å²) in [7, 11) is 0. The standard InChI is InChI=1S/C8H12N2/c9-5-3-8-2-1-6-10-7-4-8/h1,4,6-7H,2-3,5,9H2. The minimum absolute atomic E-state index is 0.730. The lowest BCUT2D eigenvalue weighted by Crippen LogP contribution is -1.99. The molecule has 1 heterocycles. The average molecular weight is 136 g/mol. The molecule has 0 spiro atoms. The van der Waals surface area contributed by atoms with Crippen LogP contribution < -0.4 is 5.73 Å². The molecule has 54 valence electrons. The Kier molecular flexibility index (Phi) is 2.90. The Morgan fingerprint density at radius 1 is 1.60 bits per heavy atom. The molecule has 0 saturated heterocycles. The van der Waals surface area contributed by atoms with Gasteiger partial charge in [0.15, 0.2) is 0 Å². The maximum Gasteiger partial charge on any atom is 0.0267 e. The van der Waals surface area contributed by atoms with Crippen LogP contribution in [0.4, 0.5) is 0 Å². The predicted molar refractivity (Wildman–Crippen MR) is 44.0 cm³/mol. The quantitative estimate of drug-likeness (QED) is 0.609. The number of hydrogen-bond donors (Lipinski definition) is 1.